The van der Waals surface area contributed by atoms with E-state index in [0.717, 1.165) is 0 Å². The third-order valence-electron chi connectivity index (χ3n) is 1.27. The summed E-state index contributed by atoms with van der Waals surface area (Å²) in [5.41, 5.74) is 0.176. The molecule has 0 saturated heterocycles. The minimum atomic E-state index is -1.06. The average Bonchev–Trinajstić information content (AvgIpc) is 2.36. The van der Waals surface area contributed by atoms with E-state index in [0.29, 0.717) is 0 Å². The van der Waals surface area contributed by atoms with Gasteiger partial charge >= 0.3 is 17.9 Å². The Morgan fingerprint density at radius 1 is 0.708 bits per heavy atom. The first kappa shape index (κ1) is 29.4. The number of carboxylic acids is 3. The maximum Gasteiger partial charge on any atom is 0.330 e. The van der Waals surface area contributed by atoms with E-state index in [1.54, 1.807) is 0 Å². The Labute approximate surface area is 139 Å². The number of carbonyl (C=O) groups excluding carboxylic acids is 2. The fraction of sp³-hybridized carbons (Fsp3) is 0.500. The van der Waals surface area contributed by atoms with Gasteiger partial charge in [0, 0.05) is 5.57 Å². The fourth-order valence-corrected chi connectivity index (χ4v) is 0.426. The van der Waals surface area contributed by atoms with Crippen LogP contribution in [0.4, 0.5) is 0 Å². The third-order valence-corrected chi connectivity index (χ3v) is 1.27. The van der Waals surface area contributed by atoms with Crippen LogP contribution in [0.25, 0.3) is 0 Å². The first-order valence-corrected chi connectivity index (χ1v) is 6.34. The maximum atomic E-state index is 9.87. The second-order valence-electron chi connectivity index (χ2n) is 4.08. The van der Waals surface area contributed by atoms with E-state index in [-0.39, 0.29) is 43.2 Å². The molecule has 0 fully saturated rings. The highest BCUT2D eigenvalue weighted by atomic mass is 16.4. The Kier molecular flexibility index (Phi) is 25.0. The van der Waals surface area contributed by atoms with Gasteiger partial charge in [0.05, 0.1) is 13.2 Å². The molecule has 0 radical (unpaired) electrons. The molecular weight excluding hydrogens is 328 g/mol. The Hall–Kier alpha value is -2.59. The van der Waals surface area contributed by atoms with E-state index in [9.17, 15) is 24.0 Å². The van der Waals surface area contributed by atoms with E-state index < -0.39 is 17.9 Å². The molecule has 0 aliphatic rings. The Balaban J connectivity index is -0.000000113. The number of aliphatic hydroxyl groups excluding tert-OH is 2. The molecule has 0 rings (SSSR count). The van der Waals surface area contributed by atoms with Crippen molar-refractivity contribution in [2.75, 3.05) is 13.2 Å². The zero-order valence-electron chi connectivity index (χ0n) is 13.8. The lowest BCUT2D eigenvalue weighted by molar-refractivity contribution is -0.141. The number of carboxylic acid groups (broad SMARTS) is 3. The molecule has 0 saturated carbocycles. The summed E-state index contributed by atoms with van der Waals surface area (Å²) in [6, 6.07) is 0. The molecule has 10 nitrogen and oxygen atoms in total. The summed E-state index contributed by atoms with van der Waals surface area (Å²) in [6.45, 7) is 6.84. The molecule has 0 aromatic carbocycles. The molecule has 0 amide bonds. The van der Waals surface area contributed by atoms with Gasteiger partial charge < -0.3 is 25.5 Å². The van der Waals surface area contributed by atoms with E-state index in [4.69, 9.17) is 25.5 Å². The summed E-state index contributed by atoms with van der Waals surface area (Å²) >= 11 is 0. The molecule has 140 valence electrons. The van der Waals surface area contributed by atoms with Gasteiger partial charge in [0.15, 0.2) is 0 Å². The third kappa shape index (κ3) is 60.7. The molecule has 0 unspecified atom stereocenters. The normalized spacial score (nSPS) is 7.88. The molecule has 0 heterocycles. The summed E-state index contributed by atoms with van der Waals surface area (Å²) in [6.07, 6.45) is -0.722. The number of Topliss-reactive ketones (excluding diaryl/α,β-unsaturated/α-hetero) is 2. The van der Waals surface area contributed by atoms with Crippen molar-refractivity contribution in [2.45, 2.75) is 33.6 Å². The molecule has 0 aliphatic carbocycles. The molecule has 0 atom stereocenters. The Morgan fingerprint density at radius 2 is 0.917 bits per heavy atom. The van der Waals surface area contributed by atoms with Crippen molar-refractivity contribution < 1.29 is 49.5 Å². The summed E-state index contributed by atoms with van der Waals surface area (Å²) in [5.74, 6) is -3.69. The van der Waals surface area contributed by atoms with Crippen LogP contribution in [-0.4, -0.2) is 68.2 Å². The molecule has 10 heteroatoms. The van der Waals surface area contributed by atoms with E-state index in [2.05, 4.69) is 6.58 Å². The van der Waals surface area contributed by atoms with Crippen LogP contribution >= 0.6 is 0 Å². The van der Waals surface area contributed by atoms with Crippen LogP contribution in [0.2, 0.25) is 0 Å². The van der Waals surface area contributed by atoms with Crippen LogP contribution in [-0.2, 0) is 24.0 Å². The number of aliphatic carboxylic acids is 3. The van der Waals surface area contributed by atoms with Crippen molar-refractivity contribution in [2.24, 2.45) is 0 Å². The van der Waals surface area contributed by atoms with Gasteiger partial charge in [-0.2, -0.15) is 0 Å². The van der Waals surface area contributed by atoms with Crippen molar-refractivity contribution in [1.29, 1.82) is 0 Å². The SMILES string of the molecule is C=C(C)C(=O)O.CC(=O)CC(=O)O.CC(=O)CC(=O)O.OCCO. The number of rotatable bonds is 6. The summed E-state index contributed by atoms with van der Waals surface area (Å²) in [5, 5.41) is 38.9. The van der Waals surface area contributed by atoms with Crippen LogP contribution in [0.5, 0.6) is 0 Å². The first-order valence-electron chi connectivity index (χ1n) is 6.34. The minimum absolute atomic E-state index is 0.125. The van der Waals surface area contributed by atoms with Gasteiger partial charge in [-0.05, 0) is 20.8 Å². The van der Waals surface area contributed by atoms with Crippen LogP contribution in [0.1, 0.15) is 33.6 Å². The summed E-state index contributed by atoms with van der Waals surface area (Å²) in [7, 11) is 0. The highest BCUT2D eigenvalue weighted by Gasteiger charge is 1.98. The highest BCUT2D eigenvalue weighted by Crippen LogP contribution is 1.81. The van der Waals surface area contributed by atoms with Gasteiger partial charge in [-0.15, -0.1) is 0 Å². The van der Waals surface area contributed by atoms with Crippen molar-refractivity contribution in [3.8, 4) is 0 Å². The van der Waals surface area contributed by atoms with Crippen LogP contribution < -0.4 is 0 Å². The molecule has 0 aliphatic heterocycles. The van der Waals surface area contributed by atoms with Crippen molar-refractivity contribution >= 4 is 29.5 Å². The molecule has 0 aromatic heterocycles. The molecule has 0 bridgehead atoms. The molecule has 5 N–H and O–H groups in total. The van der Waals surface area contributed by atoms with Gasteiger partial charge in [0.1, 0.15) is 24.4 Å². The van der Waals surface area contributed by atoms with E-state index in [1.165, 1.54) is 20.8 Å². The predicted octanol–water partition coefficient (Wildman–Crippen LogP) is -0.282. The van der Waals surface area contributed by atoms with Crippen LogP contribution in [0.15, 0.2) is 12.2 Å². The standard InChI is InChI=1S/2C4H6O3.C4H6O2.C2H6O2/c2*1-3(5)2-4(6)7;1-3(2)4(5)6;3-1-2-4/h2*2H2,1H3,(H,6,7);1H2,2H3,(H,5,6);3-4H,1-2H2. The lowest BCUT2D eigenvalue weighted by atomic mass is 10.3. The van der Waals surface area contributed by atoms with E-state index >= 15 is 0 Å². The number of carbonyl (C=O) groups is 5. The summed E-state index contributed by atoms with van der Waals surface area (Å²) < 4.78 is 0. The lowest BCUT2D eigenvalue weighted by Gasteiger charge is -1.80. The molecule has 0 aromatic rings. The van der Waals surface area contributed by atoms with E-state index in [1.807, 2.05) is 0 Å². The lowest BCUT2D eigenvalue weighted by Crippen LogP contribution is -2.00. The number of ketones is 2. The maximum absolute atomic E-state index is 9.87. The van der Waals surface area contributed by atoms with Gasteiger partial charge in [0.25, 0.3) is 0 Å². The first-order chi connectivity index (χ1) is 10.8. The monoisotopic (exact) mass is 352 g/mol. The second-order valence-corrected chi connectivity index (χ2v) is 4.08. The average molecular weight is 352 g/mol. The van der Waals surface area contributed by atoms with Crippen LogP contribution in [0.3, 0.4) is 0 Å². The zero-order valence-corrected chi connectivity index (χ0v) is 13.8. The Bertz CT molecular complexity index is 361. The zero-order chi connectivity index (χ0) is 20.3. The largest absolute Gasteiger partial charge is 0.481 e. The minimum Gasteiger partial charge on any atom is -0.481 e. The molecular formula is C14H24O10. The number of hydrogen-bond donors (Lipinski definition) is 5. The van der Waals surface area contributed by atoms with Gasteiger partial charge in [0.2, 0.25) is 0 Å². The highest BCUT2D eigenvalue weighted by molar-refractivity contribution is 5.93. The van der Waals surface area contributed by atoms with Gasteiger partial charge in [-0.3, -0.25) is 19.2 Å². The quantitative estimate of drug-likeness (QED) is 0.314. The molecule has 24 heavy (non-hydrogen) atoms. The van der Waals surface area contributed by atoms with Crippen LogP contribution in [0, 0.1) is 0 Å². The Morgan fingerprint density at radius 3 is 0.917 bits per heavy atom. The van der Waals surface area contributed by atoms with Gasteiger partial charge in [-0.25, -0.2) is 4.79 Å². The van der Waals surface area contributed by atoms with Crippen molar-refractivity contribution in [3.63, 3.8) is 0 Å². The van der Waals surface area contributed by atoms with Crippen molar-refractivity contribution in [1.82, 2.24) is 0 Å². The fourth-order valence-electron chi connectivity index (χ4n) is 0.426. The summed E-state index contributed by atoms with van der Waals surface area (Å²) in [4.78, 5) is 48.5. The number of hydrogen-bond acceptors (Lipinski definition) is 7. The predicted molar refractivity (Wildman–Crippen MR) is 82.5 cm³/mol. The van der Waals surface area contributed by atoms with Gasteiger partial charge in [-0.1, -0.05) is 6.58 Å². The van der Waals surface area contributed by atoms with Crippen molar-refractivity contribution in [3.05, 3.63) is 12.2 Å². The second kappa shape index (κ2) is 20.4. The number of aliphatic hydroxyl groups is 2. The molecule has 0 spiro atoms. The smallest absolute Gasteiger partial charge is 0.330 e. The topological polar surface area (TPSA) is 186 Å².